The Balaban J connectivity index is 0.000000149. The van der Waals surface area contributed by atoms with Crippen molar-refractivity contribution in [2.24, 2.45) is 0 Å². The highest BCUT2D eigenvalue weighted by Crippen LogP contribution is 2.31. The van der Waals surface area contributed by atoms with Gasteiger partial charge in [-0.25, -0.2) is 4.39 Å². The van der Waals surface area contributed by atoms with E-state index < -0.39 is 13.1 Å². The molecule has 0 saturated heterocycles. The first kappa shape index (κ1) is 35.3. The van der Waals surface area contributed by atoms with Gasteiger partial charge in [0.1, 0.15) is 13.1 Å². The fourth-order valence-corrected chi connectivity index (χ4v) is 9.01. The molecule has 0 N–H and O–H groups in total. The number of para-hydroxylation sites is 1. The predicted molar refractivity (Wildman–Crippen MR) is 196 cm³/mol. The van der Waals surface area contributed by atoms with Crippen molar-refractivity contribution in [2.75, 3.05) is 0 Å². The molecule has 49 heavy (non-hydrogen) atoms. The Kier molecular flexibility index (Phi) is 13.7. The second-order valence-corrected chi connectivity index (χ2v) is 14.4. The summed E-state index contributed by atoms with van der Waals surface area (Å²) in [5, 5.41) is 19.8. The van der Waals surface area contributed by atoms with Gasteiger partial charge in [-0.05, 0) is 84.9 Å². The molecule has 0 unspecified atom stereocenters. The van der Waals surface area contributed by atoms with Gasteiger partial charge in [0.15, 0.2) is 35.2 Å². The van der Waals surface area contributed by atoms with Gasteiger partial charge in [0.25, 0.3) is 0 Å². The molecule has 0 radical (unpaired) electrons. The molecule has 0 saturated carbocycles. The largest absolute Gasteiger partial charge is 0.860 e. The summed E-state index contributed by atoms with van der Waals surface area (Å²) in [5.74, 6) is -1.01. The molecule has 242 valence electrons. The minimum atomic E-state index is -2.48. The van der Waals surface area contributed by atoms with E-state index in [1.165, 1.54) is 47.6 Å². The molecule has 7 heteroatoms. The van der Waals surface area contributed by atoms with E-state index in [4.69, 9.17) is 0 Å². The van der Waals surface area contributed by atoms with E-state index in [1.807, 2.05) is 0 Å². The highest BCUT2D eigenvalue weighted by atomic mass is 32.2. The van der Waals surface area contributed by atoms with Gasteiger partial charge < -0.3 is 14.7 Å². The molecule has 0 amide bonds. The second kappa shape index (κ2) is 19.1. The predicted octanol–water partition coefficient (Wildman–Crippen LogP) is 8.47. The van der Waals surface area contributed by atoms with Crippen LogP contribution < -0.4 is 14.7 Å². The monoisotopic (exact) mass is 680 g/mol. The Morgan fingerprint density at radius 1 is 0.347 bits per heavy atom. The van der Waals surface area contributed by atoms with Crippen LogP contribution in [0.2, 0.25) is 0 Å². The first-order chi connectivity index (χ1) is 24.1. The van der Waals surface area contributed by atoms with Crippen molar-refractivity contribution >= 4 is 29.1 Å². The molecule has 0 aliphatic carbocycles. The van der Waals surface area contributed by atoms with E-state index in [1.54, 1.807) is 0 Å². The maximum absolute atomic E-state index is 12.5. The molecule has 0 aliphatic heterocycles. The number of benzene rings is 7. The Bertz CT molecular complexity index is 1620. The summed E-state index contributed by atoms with van der Waals surface area (Å²) in [5.41, 5.74) is 0. The Labute approximate surface area is 294 Å². The zero-order valence-electron chi connectivity index (χ0n) is 26.6. The standard InChI is InChI=1S/2C18H15S.C6H4BFO3/c2*1-4-10-16(11-5-1)19(17-12-6-2-7-13-17)18-14-8-3-9-15-18;8-5-3-1-2-4-6(5)11-7(9)10/h2*1-15H;1-4H/q2*+1;-2. The van der Waals surface area contributed by atoms with Crippen LogP contribution in [0, 0.1) is 5.82 Å². The first-order valence-corrected chi connectivity index (χ1v) is 18.1. The van der Waals surface area contributed by atoms with Gasteiger partial charge in [-0.2, -0.15) is 0 Å². The second-order valence-electron chi connectivity index (χ2n) is 10.3. The molecular formula is C42H34BFO3S2. The summed E-state index contributed by atoms with van der Waals surface area (Å²) >= 11 is 0. The van der Waals surface area contributed by atoms with E-state index in [9.17, 15) is 14.4 Å². The van der Waals surface area contributed by atoms with Crippen LogP contribution in [-0.4, -0.2) is 7.32 Å². The smallest absolute Gasteiger partial charge is 0.166 e. The third kappa shape index (κ3) is 10.7. The normalized spacial score (nSPS) is 10.3. The van der Waals surface area contributed by atoms with Crippen molar-refractivity contribution in [3.05, 3.63) is 212 Å². The number of hydrogen-bond donors (Lipinski definition) is 0. The Hall–Kier alpha value is -5.05. The molecule has 0 heterocycles. The van der Waals surface area contributed by atoms with Gasteiger partial charge in [0.05, 0.1) is 21.8 Å². The van der Waals surface area contributed by atoms with Gasteiger partial charge in [-0.1, -0.05) is 121 Å². The molecule has 0 atom stereocenters. The zero-order valence-corrected chi connectivity index (χ0v) is 28.3. The topological polar surface area (TPSA) is 55.3 Å². The van der Waals surface area contributed by atoms with Crippen molar-refractivity contribution < 1.29 is 19.1 Å². The van der Waals surface area contributed by atoms with Gasteiger partial charge >= 0.3 is 0 Å². The number of rotatable bonds is 8. The van der Waals surface area contributed by atoms with Crippen molar-refractivity contribution in [3.63, 3.8) is 0 Å². The maximum atomic E-state index is 12.5. The molecule has 0 aromatic heterocycles. The molecule has 7 aromatic rings. The summed E-state index contributed by atoms with van der Waals surface area (Å²) in [6.07, 6.45) is 0. The highest BCUT2D eigenvalue weighted by molar-refractivity contribution is 7.97. The van der Waals surface area contributed by atoms with Crippen LogP contribution in [0.5, 0.6) is 5.75 Å². The first-order valence-electron chi connectivity index (χ1n) is 15.6. The summed E-state index contributed by atoms with van der Waals surface area (Å²) < 4.78 is 16.6. The summed E-state index contributed by atoms with van der Waals surface area (Å²) in [7, 11) is -2.51. The summed E-state index contributed by atoms with van der Waals surface area (Å²) in [4.78, 5) is 8.17. The summed E-state index contributed by atoms with van der Waals surface area (Å²) in [6.45, 7) is 0. The lowest BCUT2D eigenvalue weighted by Gasteiger charge is -2.26. The molecule has 0 aliphatic rings. The summed E-state index contributed by atoms with van der Waals surface area (Å²) in [6, 6.07) is 69.5. The highest BCUT2D eigenvalue weighted by Gasteiger charge is 2.28. The van der Waals surface area contributed by atoms with Crippen molar-refractivity contribution in [3.8, 4) is 5.75 Å². The molecule has 7 rings (SSSR count). The SMILES string of the molecule is [O-]B([O-])Oc1ccccc1F.c1ccc([S+](c2ccccc2)c2ccccc2)cc1.c1ccc([S+](c2ccccc2)c2ccccc2)cc1. The number of halogens is 1. The van der Waals surface area contributed by atoms with Crippen molar-refractivity contribution in [2.45, 2.75) is 29.4 Å². The molecule has 3 nitrogen and oxygen atoms in total. The molecule has 0 spiro atoms. The van der Waals surface area contributed by atoms with E-state index in [2.05, 4.69) is 187 Å². The average Bonchev–Trinajstić information content (AvgIpc) is 3.16. The van der Waals surface area contributed by atoms with Gasteiger partial charge in [-0.3, -0.25) is 0 Å². The number of hydrogen-bond acceptors (Lipinski definition) is 3. The lowest BCUT2D eigenvalue weighted by Crippen LogP contribution is -2.50. The lowest BCUT2D eigenvalue weighted by molar-refractivity contribution is -0.372. The van der Waals surface area contributed by atoms with Crippen LogP contribution in [0.25, 0.3) is 0 Å². The van der Waals surface area contributed by atoms with Crippen molar-refractivity contribution in [1.29, 1.82) is 0 Å². The third-order valence-electron chi connectivity index (χ3n) is 6.93. The van der Waals surface area contributed by atoms with Crippen LogP contribution in [0.1, 0.15) is 0 Å². The lowest BCUT2D eigenvalue weighted by atomic mass is 10.2. The maximum Gasteiger partial charge on any atom is 0.166 e. The average molecular weight is 681 g/mol. The van der Waals surface area contributed by atoms with E-state index in [0.29, 0.717) is 0 Å². The fourth-order valence-electron chi connectivity index (χ4n) is 4.80. The van der Waals surface area contributed by atoms with Gasteiger partial charge in [0, 0.05) is 0 Å². The van der Waals surface area contributed by atoms with Crippen LogP contribution in [0.15, 0.2) is 236 Å². The van der Waals surface area contributed by atoms with Crippen LogP contribution >= 0.6 is 0 Å². The molecule has 7 aromatic carbocycles. The molecule has 0 bridgehead atoms. The Morgan fingerprint density at radius 2 is 0.571 bits per heavy atom. The van der Waals surface area contributed by atoms with Crippen LogP contribution in [0.4, 0.5) is 4.39 Å². The van der Waals surface area contributed by atoms with Crippen molar-refractivity contribution in [1.82, 2.24) is 0 Å². The quantitative estimate of drug-likeness (QED) is 0.120. The van der Waals surface area contributed by atoms with Gasteiger partial charge in [0.2, 0.25) is 0 Å². The van der Waals surface area contributed by atoms with Crippen LogP contribution in [-0.2, 0) is 21.8 Å². The van der Waals surface area contributed by atoms with E-state index in [-0.39, 0.29) is 27.5 Å². The fraction of sp³-hybridized carbons (Fsp3) is 0. The third-order valence-corrected chi connectivity index (χ3v) is 11.4. The van der Waals surface area contributed by atoms with Crippen LogP contribution in [0.3, 0.4) is 0 Å². The minimum Gasteiger partial charge on any atom is -0.860 e. The minimum absolute atomic E-state index is 0.0146. The van der Waals surface area contributed by atoms with E-state index in [0.717, 1.165) is 6.07 Å². The Morgan fingerprint density at radius 3 is 0.796 bits per heavy atom. The zero-order chi connectivity index (χ0) is 34.1. The van der Waals surface area contributed by atoms with E-state index >= 15 is 0 Å². The molecule has 0 fully saturated rings. The van der Waals surface area contributed by atoms with Gasteiger partial charge in [-0.15, -0.1) is 0 Å². The molecular weight excluding hydrogens is 646 g/mol.